The summed E-state index contributed by atoms with van der Waals surface area (Å²) in [6.07, 6.45) is -0.837. The number of rotatable bonds is 6. The number of para-hydroxylation sites is 1. The summed E-state index contributed by atoms with van der Waals surface area (Å²) < 4.78 is 47.9. The third-order valence-electron chi connectivity index (χ3n) is 7.71. The smallest absolute Gasteiger partial charge is 0.480 e. The molecule has 2 bridgehead atoms. The summed E-state index contributed by atoms with van der Waals surface area (Å²) in [4.78, 5) is 27.0. The van der Waals surface area contributed by atoms with Crippen molar-refractivity contribution in [1.29, 1.82) is 0 Å². The number of aliphatic hydroxyl groups is 1. The predicted molar refractivity (Wildman–Crippen MR) is 117 cm³/mol. The molecule has 0 radical (unpaired) electrons. The van der Waals surface area contributed by atoms with Gasteiger partial charge in [-0.2, -0.15) is 5.10 Å². The minimum atomic E-state index is -4.67. The first-order valence-corrected chi connectivity index (χ1v) is 11.9. The van der Waals surface area contributed by atoms with Gasteiger partial charge in [-0.15, -0.1) is 13.2 Å². The second-order valence-electron chi connectivity index (χ2n) is 10.4. The first kappa shape index (κ1) is 23.3. The van der Waals surface area contributed by atoms with Crippen molar-refractivity contribution in [3.8, 4) is 5.75 Å². The maximum absolute atomic E-state index is 12.9. The van der Waals surface area contributed by atoms with Crippen molar-refractivity contribution >= 4 is 11.8 Å². The van der Waals surface area contributed by atoms with E-state index in [1.165, 1.54) is 11.1 Å². The highest BCUT2D eigenvalue weighted by Crippen LogP contribution is 2.65. The number of nitrogens with zero attached hydrogens (tertiary/aromatic N) is 3. The number of amides is 2. The molecule has 0 spiro atoms. The van der Waals surface area contributed by atoms with Crippen LogP contribution in [0.4, 0.5) is 13.2 Å². The van der Waals surface area contributed by atoms with Crippen LogP contribution in [0.2, 0.25) is 0 Å². The number of fused-ring (bicyclic) bond motifs is 1. The van der Waals surface area contributed by atoms with Crippen LogP contribution in [0.1, 0.15) is 47.7 Å². The molecule has 4 fully saturated rings. The number of carbonyl (C=O) groups is 2. The molecule has 12 heteroatoms. The van der Waals surface area contributed by atoms with Crippen LogP contribution in [0.25, 0.3) is 0 Å². The van der Waals surface area contributed by atoms with Crippen LogP contribution in [-0.2, 0) is 15.1 Å². The minimum Gasteiger partial charge on any atom is -0.480 e. The van der Waals surface area contributed by atoms with Gasteiger partial charge in [0.15, 0.2) is 6.10 Å². The first-order valence-electron chi connectivity index (χ1n) is 11.9. The van der Waals surface area contributed by atoms with Crippen molar-refractivity contribution in [2.24, 2.45) is 5.92 Å². The molecule has 36 heavy (non-hydrogen) atoms. The lowest BCUT2D eigenvalue weighted by molar-refractivity contribution is -0.330. The number of likely N-dealkylation sites (tertiary alicyclic amines) is 1. The average molecular weight is 506 g/mol. The summed E-state index contributed by atoms with van der Waals surface area (Å²) in [6.45, 7) is -0.0353. The highest BCUT2D eigenvalue weighted by Gasteiger charge is 2.70. The quantitative estimate of drug-likeness (QED) is 0.622. The Morgan fingerprint density at radius 2 is 1.94 bits per heavy atom. The molecule has 9 nitrogen and oxygen atoms in total. The van der Waals surface area contributed by atoms with Gasteiger partial charge in [-0.3, -0.25) is 19.0 Å². The third kappa shape index (κ3) is 3.92. The molecule has 3 aliphatic carbocycles. The lowest BCUT2D eigenvalue weighted by Crippen LogP contribution is -2.79. The molecular formula is C24H25F3N4O5. The second-order valence-corrected chi connectivity index (χ2v) is 10.4. The van der Waals surface area contributed by atoms with Gasteiger partial charge in [-0.1, -0.05) is 18.2 Å². The fraction of sp³-hybridized carbons (Fsp3) is 0.542. The summed E-state index contributed by atoms with van der Waals surface area (Å²) in [7, 11) is 0. The number of ether oxygens (including phenoxy) is 2. The zero-order valence-corrected chi connectivity index (χ0v) is 19.2. The third-order valence-corrected chi connectivity index (χ3v) is 7.71. The van der Waals surface area contributed by atoms with Crippen LogP contribution < -0.4 is 10.1 Å². The summed E-state index contributed by atoms with van der Waals surface area (Å²) >= 11 is 0. The Morgan fingerprint density at radius 1 is 1.22 bits per heavy atom. The standard InChI is InChI=1S/C24H25F3N4O5/c25-24(26,27)35-10-14-7-30(8-14)21(34)15-6-28-31(9-15)23-11-22(12-23,13-23)29-20(33)19-5-17(32)16-3-1-2-4-18(16)36-19/h1-4,6,9,14,17,19,32H,5,7-8,10-13H2,(H,29,33)/t17-,19-,22?,23?/m1/s1. The largest absolute Gasteiger partial charge is 0.522 e. The average Bonchev–Trinajstić information content (AvgIpc) is 3.23. The molecule has 2 aromatic rings. The van der Waals surface area contributed by atoms with Crippen molar-refractivity contribution in [1.82, 2.24) is 20.0 Å². The number of hydrogen-bond donors (Lipinski definition) is 2. The van der Waals surface area contributed by atoms with E-state index < -0.39 is 25.2 Å². The summed E-state index contributed by atoms with van der Waals surface area (Å²) in [6, 6.07) is 7.13. The molecule has 2 N–H and O–H groups in total. The zero-order chi connectivity index (χ0) is 25.3. The van der Waals surface area contributed by atoms with Crippen molar-refractivity contribution < 1.29 is 37.3 Å². The molecule has 7 rings (SSSR count). The van der Waals surface area contributed by atoms with Gasteiger partial charge in [-0.05, 0) is 25.3 Å². The van der Waals surface area contributed by atoms with Gasteiger partial charge in [-0.25, -0.2) is 0 Å². The lowest BCUT2D eigenvalue weighted by Gasteiger charge is -2.70. The Balaban J connectivity index is 1.00. The van der Waals surface area contributed by atoms with Crippen molar-refractivity contribution in [3.63, 3.8) is 0 Å². The topological polar surface area (TPSA) is 106 Å². The van der Waals surface area contributed by atoms with Gasteiger partial charge in [0.2, 0.25) is 0 Å². The van der Waals surface area contributed by atoms with Gasteiger partial charge < -0.3 is 20.1 Å². The number of carbonyl (C=O) groups excluding carboxylic acids is 2. The maximum Gasteiger partial charge on any atom is 0.522 e. The van der Waals surface area contributed by atoms with E-state index in [1.54, 1.807) is 29.1 Å². The Bertz CT molecular complexity index is 1190. The Morgan fingerprint density at radius 3 is 2.67 bits per heavy atom. The molecule has 1 aromatic carbocycles. The number of halogens is 3. The molecule has 2 aliphatic heterocycles. The van der Waals surface area contributed by atoms with Crippen LogP contribution in [0.5, 0.6) is 5.75 Å². The summed E-state index contributed by atoms with van der Waals surface area (Å²) in [5, 5.41) is 17.8. The van der Waals surface area contributed by atoms with Crippen LogP contribution in [0.15, 0.2) is 36.7 Å². The number of benzene rings is 1. The molecule has 5 aliphatic rings. The lowest BCUT2D eigenvalue weighted by atomic mass is 9.44. The van der Waals surface area contributed by atoms with E-state index in [9.17, 15) is 27.9 Å². The van der Waals surface area contributed by atoms with Gasteiger partial charge in [0.1, 0.15) is 5.75 Å². The Hall–Kier alpha value is -3.12. The van der Waals surface area contributed by atoms with E-state index in [-0.39, 0.29) is 48.3 Å². The van der Waals surface area contributed by atoms with E-state index in [0.29, 0.717) is 36.1 Å². The Labute approximate surface area is 204 Å². The van der Waals surface area contributed by atoms with Gasteiger partial charge in [0.05, 0.1) is 30.0 Å². The van der Waals surface area contributed by atoms with E-state index in [4.69, 9.17) is 4.74 Å². The molecule has 3 saturated carbocycles. The van der Waals surface area contributed by atoms with Crippen LogP contribution in [0.3, 0.4) is 0 Å². The molecule has 3 heterocycles. The highest BCUT2D eigenvalue weighted by molar-refractivity contribution is 5.94. The highest BCUT2D eigenvalue weighted by atomic mass is 19.4. The van der Waals surface area contributed by atoms with Crippen LogP contribution in [-0.4, -0.2) is 69.3 Å². The van der Waals surface area contributed by atoms with Gasteiger partial charge >= 0.3 is 6.36 Å². The van der Waals surface area contributed by atoms with Crippen LogP contribution in [0, 0.1) is 5.92 Å². The second kappa shape index (κ2) is 7.94. The first-order chi connectivity index (χ1) is 17.0. The molecule has 0 unspecified atom stereocenters. The molecule has 2 atom stereocenters. The van der Waals surface area contributed by atoms with Gasteiger partial charge in [0, 0.05) is 42.7 Å². The minimum absolute atomic E-state index is 0.189. The number of alkyl halides is 3. The number of hydrogen-bond acceptors (Lipinski definition) is 6. The maximum atomic E-state index is 12.9. The van der Waals surface area contributed by atoms with E-state index in [1.807, 2.05) is 6.07 Å². The van der Waals surface area contributed by atoms with E-state index in [0.717, 1.165) is 0 Å². The van der Waals surface area contributed by atoms with Gasteiger partial charge in [0.25, 0.3) is 11.8 Å². The monoisotopic (exact) mass is 506 g/mol. The molecule has 192 valence electrons. The van der Waals surface area contributed by atoms with Crippen molar-refractivity contribution in [2.75, 3.05) is 19.7 Å². The van der Waals surface area contributed by atoms with E-state index >= 15 is 0 Å². The molecule has 1 saturated heterocycles. The normalized spacial score (nSPS) is 30.8. The number of aliphatic hydroxyl groups excluding tert-OH is 1. The molecule has 1 aromatic heterocycles. The van der Waals surface area contributed by atoms with Crippen molar-refractivity contribution in [2.45, 2.75) is 55.3 Å². The van der Waals surface area contributed by atoms with Crippen molar-refractivity contribution in [3.05, 3.63) is 47.8 Å². The fourth-order valence-corrected chi connectivity index (χ4v) is 5.94. The summed E-state index contributed by atoms with van der Waals surface area (Å²) in [5.41, 5.74) is 0.458. The number of nitrogens with one attached hydrogen (secondary N) is 1. The molecule has 2 amide bonds. The fourth-order valence-electron chi connectivity index (χ4n) is 5.94. The molecular weight excluding hydrogens is 481 g/mol. The summed E-state index contributed by atoms with van der Waals surface area (Å²) in [5.74, 6) is -0.350. The van der Waals surface area contributed by atoms with Crippen LogP contribution >= 0.6 is 0 Å². The van der Waals surface area contributed by atoms with E-state index in [2.05, 4.69) is 15.2 Å². The zero-order valence-electron chi connectivity index (χ0n) is 19.2. The SMILES string of the molecule is O=C(NC12CC(n3cc(C(=O)N4CC(COC(F)(F)F)C4)cn3)(C1)C2)[C@H]1C[C@@H](O)c2ccccc2O1. The number of aromatic nitrogens is 2. The Kier molecular flexibility index (Phi) is 5.14. The predicted octanol–water partition coefficient (Wildman–Crippen LogP) is 2.12.